The summed E-state index contributed by atoms with van der Waals surface area (Å²) in [6.07, 6.45) is 1.54. The van der Waals surface area contributed by atoms with E-state index >= 15 is 0 Å². The average Bonchev–Trinajstić information content (AvgIpc) is 2.80. The molecule has 176 valence electrons. The van der Waals surface area contributed by atoms with E-state index in [0.29, 0.717) is 26.7 Å². The molecule has 7 heteroatoms. The van der Waals surface area contributed by atoms with E-state index in [0.717, 1.165) is 32.5 Å². The van der Waals surface area contributed by atoms with Crippen LogP contribution in [-0.4, -0.2) is 48.0 Å². The van der Waals surface area contributed by atoms with E-state index in [-0.39, 0.29) is 35.4 Å². The number of piperidine rings is 1. The quantitative estimate of drug-likeness (QED) is 0.494. The summed E-state index contributed by atoms with van der Waals surface area (Å²) < 4.78 is 0. The third-order valence-electron chi connectivity index (χ3n) is 6.29. The Morgan fingerprint density at radius 1 is 0.939 bits per heavy atom. The number of nitrogens with one attached hydrogen (secondary N) is 1. The van der Waals surface area contributed by atoms with E-state index in [2.05, 4.69) is 24.1 Å². The van der Waals surface area contributed by atoms with Gasteiger partial charge in [-0.3, -0.25) is 14.4 Å². The summed E-state index contributed by atoms with van der Waals surface area (Å²) in [4.78, 5) is 39.4. The van der Waals surface area contributed by atoms with Gasteiger partial charge in [0.25, 0.3) is 5.91 Å². The van der Waals surface area contributed by atoms with Gasteiger partial charge >= 0.3 is 0 Å². The highest BCUT2D eigenvalue weighted by Gasteiger charge is 2.28. The van der Waals surface area contributed by atoms with Crippen molar-refractivity contribution < 1.29 is 14.4 Å². The van der Waals surface area contributed by atoms with Gasteiger partial charge in [0.05, 0.1) is 10.0 Å². The summed E-state index contributed by atoms with van der Waals surface area (Å²) >= 11 is 12.0. The first-order chi connectivity index (χ1) is 15.7. The number of benzene rings is 2. The minimum Gasteiger partial charge on any atom is -0.348 e. The maximum Gasteiger partial charge on any atom is 0.251 e. The highest BCUT2D eigenvalue weighted by molar-refractivity contribution is 6.42. The second-order valence-corrected chi connectivity index (χ2v) is 9.84. The zero-order chi connectivity index (χ0) is 24.1. The van der Waals surface area contributed by atoms with Crippen LogP contribution < -0.4 is 5.32 Å². The first kappa shape index (κ1) is 25.4. The lowest BCUT2D eigenvalue weighted by Gasteiger charge is -2.35. The van der Waals surface area contributed by atoms with Crippen molar-refractivity contribution in [2.75, 3.05) is 19.6 Å². The summed E-state index contributed by atoms with van der Waals surface area (Å²) in [5.41, 5.74) is 1.73. The summed E-state index contributed by atoms with van der Waals surface area (Å²) in [6, 6.07) is 11.7. The Kier molecular flexibility index (Phi) is 8.69. The summed E-state index contributed by atoms with van der Waals surface area (Å²) in [5, 5.41) is 3.98. The van der Waals surface area contributed by atoms with E-state index in [4.69, 9.17) is 23.2 Å². The van der Waals surface area contributed by atoms with Gasteiger partial charge in [0.2, 0.25) is 0 Å². The molecule has 0 aliphatic carbocycles. The lowest BCUT2D eigenvalue weighted by atomic mass is 9.88. The monoisotopic (exact) mass is 488 g/mol. The van der Waals surface area contributed by atoms with E-state index in [1.165, 1.54) is 6.92 Å². The Morgan fingerprint density at radius 3 is 2.06 bits per heavy atom. The predicted molar refractivity (Wildman–Crippen MR) is 132 cm³/mol. The van der Waals surface area contributed by atoms with Crippen LogP contribution >= 0.6 is 23.2 Å². The minimum atomic E-state index is -0.145. The van der Waals surface area contributed by atoms with Crippen LogP contribution in [0.5, 0.6) is 0 Å². The average molecular weight is 489 g/mol. The molecule has 0 saturated carbocycles. The molecule has 0 spiro atoms. The molecular formula is C26H30Cl2N2O3. The molecule has 33 heavy (non-hydrogen) atoms. The SMILES string of the molecule is CC(=O)c1ccc(C(=O)NC(CN2CCC(C(=O)c3ccc(Cl)c(Cl)c3)CC2)C(C)C)cc1. The Hall–Kier alpha value is -2.21. The van der Waals surface area contributed by atoms with E-state index in [1.807, 2.05) is 0 Å². The van der Waals surface area contributed by atoms with E-state index in [9.17, 15) is 14.4 Å². The number of hydrogen-bond donors (Lipinski definition) is 1. The molecule has 1 saturated heterocycles. The fourth-order valence-electron chi connectivity index (χ4n) is 4.07. The van der Waals surface area contributed by atoms with Crippen LogP contribution in [0.2, 0.25) is 10.0 Å². The van der Waals surface area contributed by atoms with Crippen molar-refractivity contribution in [3.05, 3.63) is 69.2 Å². The minimum absolute atomic E-state index is 0.0210. The number of carbonyl (C=O) groups is 3. The van der Waals surface area contributed by atoms with Gasteiger partial charge in [0.1, 0.15) is 0 Å². The van der Waals surface area contributed by atoms with Gasteiger partial charge in [0, 0.05) is 35.2 Å². The van der Waals surface area contributed by atoms with Crippen molar-refractivity contribution >= 4 is 40.7 Å². The fraction of sp³-hybridized carbons (Fsp3) is 0.423. The van der Waals surface area contributed by atoms with Crippen molar-refractivity contribution in [1.29, 1.82) is 0 Å². The maximum atomic E-state index is 12.9. The molecule has 0 radical (unpaired) electrons. The number of halogens is 2. The molecular weight excluding hydrogens is 459 g/mol. The van der Waals surface area contributed by atoms with Gasteiger partial charge in [0.15, 0.2) is 11.6 Å². The molecule has 1 heterocycles. The van der Waals surface area contributed by atoms with Gasteiger partial charge in [-0.25, -0.2) is 0 Å². The third kappa shape index (κ3) is 6.66. The molecule has 1 fully saturated rings. The van der Waals surface area contributed by atoms with Gasteiger partial charge in [-0.1, -0.05) is 49.2 Å². The van der Waals surface area contributed by atoms with E-state index in [1.54, 1.807) is 42.5 Å². The largest absolute Gasteiger partial charge is 0.348 e. The summed E-state index contributed by atoms with van der Waals surface area (Å²) in [6.45, 7) is 8.00. The van der Waals surface area contributed by atoms with Crippen LogP contribution in [-0.2, 0) is 0 Å². The summed E-state index contributed by atoms with van der Waals surface area (Å²) in [7, 11) is 0. The zero-order valence-electron chi connectivity index (χ0n) is 19.2. The lowest BCUT2D eigenvalue weighted by molar-refractivity contribution is 0.0811. The van der Waals surface area contributed by atoms with Crippen LogP contribution in [0.4, 0.5) is 0 Å². The Bertz CT molecular complexity index is 1010. The molecule has 1 amide bonds. The Morgan fingerprint density at radius 2 is 1.52 bits per heavy atom. The van der Waals surface area contributed by atoms with Gasteiger partial charge in [-0.05, 0) is 69.1 Å². The topological polar surface area (TPSA) is 66.5 Å². The van der Waals surface area contributed by atoms with Gasteiger partial charge in [-0.2, -0.15) is 0 Å². The van der Waals surface area contributed by atoms with Crippen LogP contribution in [0.25, 0.3) is 0 Å². The standard InChI is InChI=1S/C26H30Cl2N2O3/c1-16(2)24(29-26(33)20-6-4-18(5-7-20)17(3)31)15-30-12-10-19(11-13-30)25(32)21-8-9-22(27)23(28)14-21/h4-9,14,16,19,24H,10-13,15H2,1-3H3,(H,29,33). The lowest BCUT2D eigenvalue weighted by Crippen LogP contribution is -2.49. The number of carbonyl (C=O) groups excluding carboxylic acids is 3. The highest BCUT2D eigenvalue weighted by atomic mass is 35.5. The predicted octanol–water partition coefficient (Wildman–Crippen LogP) is 5.55. The second kappa shape index (κ2) is 11.3. The molecule has 1 N–H and O–H groups in total. The highest BCUT2D eigenvalue weighted by Crippen LogP contribution is 2.27. The maximum absolute atomic E-state index is 12.9. The first-order valence-corrected chi connectivity index (χ1v) is 12.0. The third-order valence-corrected chi connectivity index (χ3v) is 7.03. The number of hydrogen-bond acceptors (Lipinski definition) is 4. The molecule has 5 nitrogen and oxygen atoms in total. The fourth-order valence-corrected chi connectivity index (χ4v) is 4.37. The van der Waals surface area contributed by atoms with Gasteiger partial charge in [-0.15, -0.1) is 0 Å². The van der Waals surface area contributed by atoms with Crippen LogP contribution in [0, 0.1) is 11.8 Å². The second-order valence-electron chi connectivity index (χ2n) is 9.03. The molecule has 0 bridgehead atoms. The molecule has 3 rings (SSSR count). The Labute approximate surface area is 205 Å². The molecule has 1 unspecified atom stereocenters. The van der Waals surface area contributed by atoms with Crippen LogP contribution in [0.3, 0.4) is 0 Å². The van der Waals surface area contributed by atoms with Crippen LogP contribution in [0.1, 0.15) is 64.7 Å². The molecule has 1 aliphatic rings. The molecule has 1 atom stereocenters. The molecule has 2 aromatic rings. The molecule has 2 aromatic carbocycles. The number of nitrogens with zero attached hydrogens (tertiary/aromatic N) is 1. The number of ketones is 2. The van der Waals surface area contributed by atoms with Crippen molar-refractivity contribution in [2.45, 2.75) is 39.7 Å². The number of amides is 1. The number of Topliss-reactive ketones (excluding diaryl/α,β-unsaturated/α-hetero) is 2. The number of likely N-dealkylation sites (tertiary alicyclic amines) is 1. The number of rotatable bonds is 8. The van der Waals surface area contributed by atoms with Crippen molar-refractivity contribution in [3.63, 3.8) is 0 Å². The smallest absolute Gasteiger partial charge is 0.251 e. The van der Waals surface area contributed by atoms with Crippen molar-refractivity contribution in [2.24, 2.45) is 11.8 Å². The van der Waals surface area contributed by atoms with Crippen molar-refractivity contribution in [3.8, 4) is 0 Å². The Balaban J connectivity index is 1.55. The normalized spacial score (nSPS) is 15.9. The molecule has 0 aromatic heterocycles. The van der Waals surface area contributed by atoms with Crippen LogP contribution in [0.15, 0.2) is 42.5 Å². The van der Waals surface area contributed by atoms with E-state index < -0.39 is 0 Å². The summed E-state index contributed by atoms with van der Waals surface area (Å²) in [5.74, 6) is 0.152. The van der Waals surface area contributed by atoms with Gasteiger partial charge < -0.3 is 10.2 Å². The first-order valence-electron chi connectivity index (χ1n) is 11.3. The zero-order valence-corrected chi connectivity index (χ0v) is 20.7. The molecule has 1 aliphatic heterocycles. The van der Waals surface area contributed by atoms with Crippen molar-refractivity contribution in [1.82, 2.24) is 10.2 Å².